The summed E-state index contributed by atoms with van der Waals surface area (Å²) in [5.41, 5.74) is 5.62. The molecule has 1 saturated carbocycles. The minimum absolute atomic E-state index is 0.230. The molecule has 0 spiro atoms. The van der Waals surface area contributed by atoms with Gasteiger partial charge in [0.15, 0.2) is 0 Å². The van der Waals surface area contributed by atoms with Crippen molar-refractivity contribution >= 4 is 10.0 Å². The zero-order valence-corrected chi connectivity index (χ0v) is 13.5. The highest BCUT2D eigenvalue weighted by molar-refractivity contribution is 7.89. The van der Waals surface area contributed by atoms with Crippen molar-refractivity contribution in [2.75, 3.05) is 13.1 Å². The van der Waals surface area contributed by atoms with Gasteiger partial charge in [0.2, 0.25) is 10.0 Å². The Morgan fingerprint density at radius 3 is 2.48 bits per heavy atom. The quantitative estimate of drug-likeness (QED) is 0.784. The van der Waals surface area contributed by atoms with E-state index in [1.54, 1.807) is 4.31 Å². The highest BCUT2D eigenvalue weighted by atomic mass is 32.2. The Morgan fingerprint density at radius 2 is 2.00 bits per heavy atom. The number of aromatic amines is 1. The van der Waals surface area contributed by atoms with Crippen LogP contribution in [0.3, 0.4) is 0 Å². The fourth-order valence-electron chi connectivity index (χ4n) is 3.26. The molecule has 7 heteroatoms. The van der Waals surface area contributed by atoms with Gasteiger partial charge in [0.25, 0.3) is 0 Å². The molecule has 0 radical (unpaired) electrons. The van der Waals surface area contributed by atoms with Crippen LogP contribution in [-0.2, 0) is 10.0 Å². The Morgan fingerprint density at radius 1 is 1.33 bits per heavy atom. The first kappa shape index (κ1) is 16.5. The van der Waals surface area contributed by atoms with Gasteiger partial charge in [-0.1, -0.05) is 32.6 Å². The smallest absolute Gasteiger partial charge is 0.246 e. The molecule has 0 saturated heterocycles. The molecule has 6 nitrogen and oxygen atoms in total. The fraction of sp³-hybridized carbons (Fsp3) is 0.786. The lowest BCUT2D eigenvalue weighted by molar-refractivity contribution is 0.167. The summed E-state index contributed by atoms with van der Waals surface area (Å²) in [5, 5.41) is 6.37. The highest BCUT2D eigenvalue weighted by Crippen LogP contribution is 2.35. The van der Waals surface area contributed by atoms with E-state index in [2.05, 4.69) is 10.2 Å². The first-order valence-corrected chi connectivity index (χ1v) is 9.22. The zero-order valence-electron chi connectivity index (χ0n) is 12.7. The predicted octanol–water partition coefficient (Wildman–Crippen LogP) is 1.86. The van der Waals surface area contributed by atoms with Gasteiger partial charge < -0.3 is 5.73 Å². The standard InChI is InChI=1S/C14H26N4O2S/c1-2-9-18(21(19,20)13-10-16-17-11-13)14(12-15)7-5-3-4-6-8-14/h10-11H,2-9,12,15H2,1H3,(H,16,17). The summed E-state index contributed by atoms with van der Waals surface area (Å²) in [7, 11) is -3.55. The van der Waals surface area contributed by atoms with Gasteiger partial charge in [-0.2, -0.15) is 9.40 Å². The Bertz CT molecular complexity index is 519. The summed E-state index contributed by atoms with van der Waals surface area (Å²) in [6, 6.07) is 0. The van der Waals surface area contributed by atoms with Crippen LogP contribution < -0.4 is 5.73 Å². The molecule has 1 aromatic heterocycles. The molecule has 1 fully saturated rings. The molecule has 2 rings (SSSR count). The van der Waals surface area contributed by atoms with E-state index in [9.17, 15) is 8.42 Å². The van der Waals surface area contributed by atoms with Gasteiger partial charge in [-0.3, -0.25) is 5.10 Å². The van der Waals surface area contributed by atoms with Crippen molar-refractivity contribution < 1.29 is 8.42 Å². The molecule has 3 N–H and O–H groups in total. The van der Waals surface area contributed by atoms with Crippen LogP contribution in [0.2, 0.25) is 0 Å². The van der Waals surface area contributed by atoms with Gasteiger partial charge in [0, 0.05) is 24.8 Å². The predicted molar refractivity (Wildman–Crippen MR) is 82.3 cm³/mol. The summed E-state index contributed by atoms with van der Waals surface area (Å²) in [6.45, 7) is 2.88. The highest BCUT2D eigenvalue weighted by Gasteiger charge is 2.42. The van der Waals surface area contributed by atoms with E-state index >= 15 is 0 Å². The molecule has 21 heavy (non-hydrogen) atoms. The monoisotopic (exact) mass is 314 g/mol. The first-order valence-electron chi connectivity index (χ1n) is 7.78. The summed E-state index contributed by atoms with van der Waals surface area (Å²) in [5.74, 6) is 0. The molecule has 1 aromatic rings. The largest absolute Gasteiger partial charge is 0.329 e. The number of nitrogens with zero attached hydrogens (tertiary/aromatic N) is 2. The molecule has 0 atom stereocenters. The second kappa shape index (κ2) is 6.89. The topological polar surface area (TPSA) is 92.1 Å². The normalized spacial score (nSPS) is 19.6. The van der Waals surface area contributed by atoms with Gasteiger partial charge in [-0.25, -0.2) is 8.42 Å². The van der Waals surface area contributed by atoms with Gasteiger partial charge in [0.1, 0.15) is 4.90 Å². The third-order valence-electron chi connectivity index (χ3n) is 4.43. The lowest BCUT2D eigenvalue weighted by Crippen LogP contribution is -2.56. The SMILES string of the molecule is CCCN(C1(CN)CCCCCC1)S(=O)(=O)c1cn[nH]c1. The average molecular weight is 314 g/mol. The summed E-state index contributed by atoms with van der Waals surface area (Å²) in [6.07, 6.45) is 9.69. The lowest BCUT2D eigenvalue weighted by Gasteiger charge is -2.41. The van der Waals surface area contributed by atoms with Crippen molar-refractivity contribution in [3.63, 3.8) is 0 Å². The van der Waals surface area contributed by atoms with Gasteiger partial charge in [-0.05, 0) is 19.3 Å². The second-order valence-electron chi connectivity index (χ2n) is 5.85. The van der Waals surface area contributed by atoms with Crippen LogP contribution in [0.5, 0.6) is 0 Å². The summed E-state index contributed by atoms with van der Waals surface area (Å²) >= 11 is 0. The van der Waals surface area contributed by atoms with Crippen LogP contribution in [0, 0.1) is 0 Å². The number of H-pyrrole nitrogens is 1. The van der Waals surface area contributed by atoms with Crippen molar-refractivity contribution in [3.8, 4) is 0 Å². The van der Waals surface area contributed by atoms with E-state index in [1.807, 2.05) is 6.92 Å². The summed E-state index contributed by atoms with van der Waals surface area (Å²) < 4.78 is 27.6. The first-order chi connectivity index (χ1) is 10.1. The van der Waals surface area contributed by atoms with Crippen LogP contribution in [0.4, 0.5) is 0 Å². The number of nitrogens with two attached hydrogens (primary N) is 1. The van der Waals surface area contributed by atoms with E-state index in [1.165, 1.54) is 12.4 Å². The molecular formula is C14H26N4O2S. The molecule has 120 valence electrons. The second-order valence-corrected chi connectivity index (χ2v) is 7.72. The number of sulfonamides is 1. The minimum atomic E-state index is -3.55. The number of aromatic nitrogens is 2. The van der Waals surface area contributed by atoms with Crippen molar-refractivity contribution in [3.05, 3.63) is 12.4 Å². The van der Waals surface area contributed by atoms with Crippen LogP contribution in [0.15, 0.2) is 17.3 Å². The maximum Gasteiger partial charge on any atom is 0.246 e. The molecule has 0 aromatic carbocycles. The Kier molecular flexibility index (Phi) is 5.40. The van der Waals surface area contributed by atoms with Crippen molar-refractivity contribution in [1.82, 2.24) is 14.5 Å². The van der Waals surface area contributed by atoms with E-state index in [0.717, 1.165) is 44.9 Å². The van der Waals surface area contributed by atoms with E-state index in [0.29, 0.717) is 13.1 Å². The van der Waals surface area contributed by atoms with Crippen LogP contribution in [0.25, 0.3) is 0 Å². The Labute approximate surface area is 127 Å². The maximum atomic E-state index is 13.0. The van der Waals surface area contributed by atoms with E-state index in [-0.39, 0.29) is 4.90 Å². The minimum Gasteiger partial charge on any atom is -0.329 e. The van der Waals surface area contributed by atoms with Crippen molar-refractivity contribution in [2.24, 2.45) is 5.73 Å². The van der Waals surface area contributed by atoms with Crippen molar-refractivity contribution in [1.29, 1.82) is 0 Å². The molecular weight excluding hydrogens is 288 g/mol. The van der Waals surface area contributed by atoms with Crippen LogP contribution >= 0.6 is 0 Å². The Balaban J connectivity index is 2.40. The third-order valence-corrected chi connectivity index (χ3v) is 6.40. The van der Waals surface area contributed by atoms with Crippen molar-refractivity contribution in [2.45, 2.75) is 62.3 Å². The van der Waals surface area contributed by atoms with E-state index in [4.69, 9.17) is 5.73 Å². The fourth-order valence-corrected chi connectivity index (χ4v) is 5.10. The van der Waals surface area contributed by atoms with E-state index < -0.39 is 15.6 Å². The van der Waals surface area contributed by atoms with Gasteiger partial charge in [-0.15, -0.1) is 0 Å². The van der Waals surface area contributed by atoms with Crippen LogP contribution in [0.1, 0.15) is 51.9 Å². The maximum absolute atomic E-state index is 13.0. The van der Waals surface area contributed by atoms with Gasteiger partial charge in [0.05, 0.1) is 6.20 Å². The molecule has 1 aliphatic rings. The van der Waals surface area contributed by atoms with Crippen LogP contribution in [-0.4, -0.2) is 41.5 Å². The molecule has 0 bridgehead atoms. The lowest BCUT2D eigenvalue weighted by atomic mass is 9.90. The number of hydrogen-bond donors (Lipinski definition) is 2. The summed E-state index contributed by atoms with van der Waals surface area (Å²) in [4.78, 5) is 0.230. The molecule has 0 amide bonds. The number of hydrogen-bond acceptors (Lipinski definition) is 4. The number of nitrogens with one attached hydrogen (secondary N) is 1. The third kappa shape index (κ3) is 3.30. The molecule has 1 heterocycles. The Hall–Kier alpha value is -0.920. The average Bonchev–Trinajstić information content (AvgIpc) is 2.92. The zero-order chi connectivity index (χ0) is 15.3. The molecule has 0 unspecified atom stereocenters. The number of rotatable bonds is 6. The molecule has 0 aliphatic heterocycles. The molecule has 1 aliphatic carbocycles. The van der Waals surface area contributed by atoms with Gasteiger partial charge >= 0.3 is 0 Å².